The van der Waals surface area contributed by atoms with Crippen LogP contribution in [0.3, 0.4) is 0 Å². The molecule has 3 unspecified atom stereocenters. The number of ether oxygens (including phenoxy) is 1. The molecule has 0 bridgehead atoms. The van der Waals surface area contributed by atoms with E-state index in [9.17, 15) is 4.39 Å². The van der Waals surface area contributed by atoms with Crippen LogP contribution in [0.1, 0.15) is 38.7 Å². The van der Waals surface area contributed by atoms with Gasteiger partial charge in [0.15, 0.2) is 0 Å². The zero-order valence-corrected chi connectivity index (χ0v) is 11.7. The minimum absolute atomic E-state index is 0.239. The Morgan fingerprint density at radius 1 is 1.28 bits per heavy atom. The molecule has 1 aromatic rings. The van der Waals surface area contributed by atoms with Gasteiger partial charge in [-0.3, -0.25) is 0 Å². The predicted molar refractivity (Wildman–Crippen MR) is 72.6 cm³/mol. The van der Waals surface area contributed by atoms with Crippen molar-refractivity contribution in [3.05, 3.63) is 29.6 Å². The topological polar surface area (TPSA) is 9.23 Å². The molecule has 2 rings (SSSR count). The van der Waals surface area contributed by atoms with Crippen LogP contribution in [-0.4, -0.2) is 6.10 Å². The summed E-state index contributed by atoms with van der Waals surface area (Å²) in [6.07, 6.45) is 3.58. The monoisotopic (exact) mass is 270 g/mol. The highest BCUT2D eigenvalue weighted by molar-refractivity contribution is 6.17. The second kappa shape index (κ2) is 5.92. The molecule has 1 aromatic carbocycles. The van der Waals surface area contributed by atoms with Crippen molar-refractivity contribution in [2.75, 3.05) is 0 Å². The first-order chi connectivity index (χ1) is 8.60. The van der Waals surface area contributed by atoms with Crippen molar-refractivity contribution in [3.8, 4) is 5.75 Å². The lowest BCUT2D eigenvalue weighted by Crippen LogP contribution is -2.29. The van der Waals surface area contributed by atoms with Crippen LogP contribution < -0.4 is 4.74 Å². The molecule has 18 heavy (non-hydrogen) atoms. The maximum Gasteiger partial charge on any atom is 0.124 e. The van der Waals surface area contributed by atoms with Crippen molar-refractivity contribution in [1.82, 2.24) is 0 Å². The van der Waals surface area contributed by atoms with Crippen LogP contribution in [-0.2, 0) is 5.88 Å². The molecular weight excluding hydrogens is 251 g/mol. The second-order valence-corrected chi connectivity index (χ2v) is 5.66. The molecule has 3 atom stereocenters. The maximum absolute atomic E-state index is 13.1. The third-order valence-electron chi connectivity index (χ3n) is 4.01. The lowest BCUT2D eigenvalue weighted by Gasteiger charge is -2.32. The number of hydrogen-bond acceptors (Lipinski definition) is 1. The van der Waals surface area contributed by atoms with Crippen molar-refractivity contribution < 1.29 is 9.13 Å². The summed E-state index contributed by atoms with van der Waals surface area (Å²) in [5.41, 5.74) is 0.739. The fourth-order valence-electron chi connectivity index (χ4n) is 2.55. The quantitative estimate of drug-likeness (QED) is 0.719. The van der Waals surface area contributed by atoms with E-state index < -0.39 is 0 Å². The normalized spacial score (nSPS) is 28.1. The number of halogens is 2. The summed E-state index contributed by atoms with van der Waals surface area (Å²) < 4.78 is 19.1. The van der Waals surface area contributed by atoms with Crippen LogP contribution >= 0.6 is 11.6 Å². The third-order valence-corrected chi connectivity index (χ3v) is 4.30. The number of alkyl halides is 1. The summed E-state index contributed by atoms with van der Waals surface area (Å²) in [6.45, 7) is 4.57. The molecule has 0 amide bonds. The first-order valence-electron chi connectivity index (χ1n) is 6.61. The first kappa shape index (κ1) is 13.7. The Bertz CT molecular complexity index is 407. The van der Waals surface area contributed by atoms with Crippen molar-refractivity contribution in [2.24, 2.45) is 11.8 Å². The summed E-state index contributed by atoms with van der Waals surface area (Å²) in [7, 11) is 0. The number of benzene rings is 1. The fourth-order valence-corrected chi connectivity index (χ4v) is 2.76. The SMILES string of the molecule is CC1CCC(Oc2ccc(F)cc2CCl)CC1C. The molecular formula is C15H20ClFO. The van der Waals surface area contributed by atoms with Crippen LogP contribution in [0.15, 0.2) is 18.2 Å². The minimum atomic E-state index is -0.261. The maximum atomic E-state index is 13.1. The Kier molecular flexibility index (Phi) is 4.50. The van der Waals surface area contributed by atoms with Gasteiger partial charge in [-0.15, -0.1) is 11.6 Å². The molecule has 100 valence electrons. The van der Waals surface area contributed by atoms with Crippen LogP contribution in [0, 0.1) is 17.7 Å². The van der Waals surface area contributed by atoms with E-state index in [-0.39, 0.29) is 17.8 Å². The summed E-state index contributed by atoms with van der Waals surface area (Å²) in [6, 6.07) is 4.58. The van der Waals surface area contributed by atoms with E-state index in [4.69, 9.17) is 16.3 Å². The van der Waals surface area contributed by atoms with Gasteiger partial charge in [-0.25, -0.2) is 4.39 Å². The van der Waals surface area contributed by atoms with Crippen LogP contribution in [0.5, 0.6) is 5.75 Å². The molecule has 1 aliphatic carbocycles. The second-order valence-electron chi connectivity index (χ2n) is 5.39. The van der Waals surface area contributed by atoms with Gasteiger partial charge in [-0.05, 0) is 49.3 Å². The first-order valence-corrected chi connectivity index (χ1v) is 7.14. The molecule has 1 nitrogen and oxygen atoms in total. The van der Waals surface area contributed by atoms with Gasteiger partial charge >= 0.3 is 0 Å². The van der Waals surface area contributed by atoms with Gasteiger partial charge in [0.2, 0.25) is 0 Å². The summed E-state index contributed by atoms with van der Waals surface area (Å²) in [5, 5.41) is 0. The molecule has 0 aliphatic heterocycles. The van der Waals surface area contributed by atoms with Gasteiger partial charge in [0.25, 0.3) is 0 Å². The van der Waals surface area contributed by atoms with Crippen molar-refractivity contribution >= 4 is 11.6 Å². The molecule has 0 N–H and O–H groups in total. The molecule has 0 aromatic heterocycles. The minimum Gasteiger partial charge on any atom is -0.490 e. The van der Waals surface area contributed by atoms with Gasteiger partial charge in [-0.2, -0.15) is 0 Å². The fraction of sp³-hybridized carbons (Fsp3) is 0.600. The summed E-state index contributed by atoms with van der Waals surface area (Å²) in [5.74, 6) is 2.21. The summed E-state index contributed by atoms with van der Waals surface area (Å²) >= 11 is 5.83. The lowest BCUT2D eigenvalue weighted by molar-refractivity contribution is 0.0998. The van der Waals surface area contributed by atoms with Crippen LogP contribution in [0.4, 0.5) is 4.39 Å². The molecule has 1 aliphatic rings. The van der Waals surface area contributed by atoms with Crippen molar-refractivity contribution in [2.45, 2.75) is 45.1 Å². The Morgan fingerprint density at radius 2 is 2.06 bits per heavy atom. The smallest absolute Gasteiger partial charge is 0.124 e. The van der Waals surface area contributed by atoms with E-state index >= 15 is 0 Å². The Balaban J connectivity index is 2.05. The van der Waals surface area contributed by atoms with Gasteiger partial charge < -0.3 is 4.74 Å². The highest BCUT2D eigenvalue weighted by atomic mass is 35.5. The van der Waals surface area contributed by atoms with Gasteiger partial charge in [0.05, 0.1) is 12.0 Å². The van der Waals surface area contributed by atoms with Crippen LogP contribution in [0.25, 0.3) is 0 Å². The molecule has 3 heteroatoms. The van der Waals surface area contributed by atoms with E-state index in [2.05, 4.69) is 13.8 Å². The lowest BCUT2D eigenvalue weighted by atomic mass is 9.80. The Morgan fingerprint density at radius 3 is 2.72 bits per heavy atom. The zero-order chi connectivity index (χ0) is 13.1. The third kappa shape index (κ3) is 3.17. The molecule has 0 heterocycles. The average molecular weight is 271 g/mol. The van der Waals surface area contributed by atoms with E-state index in [0.717, 1.165) is 30.1 Å². The van der Waals surface area contributed by atoms with E-state index in [0.29, 0.717) is 5.92 Å². The summed E-state index contributed by atoms with van der Waals surface area (Å²) in [4.78, 5) is 0. The molecule has 0 saturated heterocycles. The van der Waals surface area contributed by atoms with Crippen molar-refractivity contribution in [1.29, 1.82) is 0 Å². The standard InChI is InChI=1S/C15H20ClFO/c1-10-3-5-14(7-11(10)2)18-15-6-4-13(17)8-12(15)9-16/h4,6,8,10-11,14H,3,5,7,9H2,1-2H3. The highest BCUT2D eigenvalue weighted by Crippen LogP contribution is 2.33. The van der Waals surface area contributed by atoms with Crippen LogP contribution in [0.2, 0.25) is 0 Å². The zero-order valence-electron chi connectivity index (χ0n) is 11.0. The average Bonchev–Trinajstić information content (AvgIpc) is 2.36. The number of hydrogen-bond donors (Lipinski definition) is 0. The molecule has 1 fully saturated rings. The van der Waals surface area contributed by atoms with Gasteiger partial charge in [0, 0.05) is 5.56 Å². The molecule has 0 radical (unpaired) electrons. The molecule has 0 spiro atoms. The largest absolute Gasteiger partial charge is 0.490 e. The van der Waals surface area contributed by atoms with E-state index in [1.165, 1.54) is 18.6 Å². The highest BCUT2D eigenvalue weighted by Gasteiger charge is 2.26. The Hall–Kier alpha value is -0.760. The molecule has 1 saturated carbocycles. The van der Waals surface area contributed by atoms with E-state index in [1.54, 1.807) is 6.07 Å². The predicted octanol–water partition coefficient (Wildman–Crippen LogP) is 4.77. The van der Waals surface area contributed by atoms with Gasteiger partial charge in [-0.1, -0.05) is 13.8 Å². The van der Waals surface area contributed by atoms with Gasteiger partial charge in [0.1, 0.15) is 11.6 Å². The number of rotatable bonds is 3. The van der Waals surface area contributed by atoms with Crippen molar-refractivity contribution in [3.63, 3.8) is 0 Å². The Labute approximate surface area is 113 Å². The van der Waals surface area contributed by atoms with E-state index in [1.807, 2.05) is 0 Å².